The summed E-state index contributed by atoms with van der Waals surface area (Å²) in [6, 6.07) is 7.40. The van der Waals surface area contributed by atoms with E-state index in [0.29, 0.717) is 31.7 Å². The Bertz CT molecular complexity index is 558. The summed E-state index contributed by atoms with van der Waals surface area (Å²) in [4.78, 5) is 38.9. The van der Waals surface area contributed by atoms with Crippen molar-refractivity contribution in [3.8, 4) is 0 Å². The maximum atomic E-state index is 12.1. The summed E-state index contributed by atoms with van der Waals surface area (Å²) in [5.41, 5.74) is 1.76. The van der Waals surface area contributed by atoms with E-state index in [9.17, 15) is 14.4 Å². The van der Waals surface area contributed by atoms with Gasteiger partial charge in [0, 0.05) is 51.5 Å². The molecule has 22 heavy (non-hydrogen) atoms. The van der Waals surface area contributed by atoms with E-state index in [1.165, 1.54) is 6.92 Å². The highest BCUT2D eigenvalue weighted by molar-refractivity contribution is 5.98. The number of ketones is 1. The number of hydrogen-bond donors (Lipinski definition) is 0. The first kappa shape index (κ1) is 16.2. The minimum absolute atomic E-state index is 0.00396. The first-order valence-electron chi connectivity index (χ1n) is 7.60. The van der Waals surface area contributed by atoms with Gasteiger partial charge in [-0.1, -0.05) is 29.8 Å². The van der Waals surface area contributed by atoms with E-state index in [1.54, 1.807) is 21.9 Å². The van der Waals surface area contributed by atoms with Crippen molar-refractivity contribution in [2.75, 3.05) is 26.2 Å². The highest BCUT2D eigenvalue weighted by Gasteiger charge is 2.22. The molecule has 2 rings (SSSR count). The topological polar surface area (TPSA) is 57.7 Å². The molecular weight excluding hydrogens is 280 g/mol. The van der Waals surface area contributed by atoms with Crippen molar-refractivity contribution in [3.05, 3.63) is 35.4 Å². The van der Waals surface area contributed by atoms with Crippen LogP contribution in [-0.2, 0) is 9.59 Å². The number of Topliss-reactive ketones (excluding diaryl/α,β-unsaturated/α-hetero) is 1. The largest absolute Gasteiger partial charge is 0.339 e. The fourth-order valence-electron chi connectivity index (χ4n) is 2.53. The molecule has 0 aliphatic carbocycles. The maximum absolute atomic E-state index is 12.1. The van der Waals surface area contributed by atoms with Gasteiger partial charge in [0.2, 0.25) is 11.8 Å². The molecule has 1 saturated heterocycles. The molecule has 1 aliphatic heterocycles. The second-order valence-electron chi connectivity index (χ2n) is 5.68. The van der Waals surface area contributed by atoms with Crippen LogP contribution < -0.4 is 0 Å². The van der Waals surface area contributed by atoms with E-state index in [-0.39, 0.29) is 30.4 Å². The Kier molecular flexibility index (Phi) is 5.31. The normalized spacial score (nSPS) is 14.8. The Labute approximate surface area is 130 Å². The van der Waals surface area contributed by atoms with Crippen LogP contribution in [0.5, 0.6) is 0 Å². The minimum Gasteiger partial charge on any atom is -0.339 e. The third-order valence-electron chi connectivity index (χ3n) is 4.02. The van der Waals surface area contributed by atoms with Crippen LogP contribution in [0.25, 0.3) is 0 Å². The van der Waals surface area contributed by atoms with Gasteiger partial charge in [-0.05, 0) is 6.92 Å². The summed E-state index contributed by atoms with van der Waals surface area (Å²) >= 11 is 0. The van der Waals surface area contributed by atoms with Crippen molar-refractivity contribution in [1.82, 2.24) is 9.80 Å². The number of rotatable bonds is 4. The van der Waals surface area contributed by atoms with Crippen molar-refractivity contribution in [1.29, 1.82) is 0 Å². The van der Waals surface area contributed by atoms with E-state index in [0.717, 1.165) is 5.56 Å². The van der Waals surface area contributed by atoms with Crippen LogP contribution in [0, 0.1) is 6.92 Å². The molecule has 1 aromatic carbocycles. The number of piperazine rings is 1. The smallest absolute Gasteiger partial charge is 0.223 e. The van der Waals surface area contributed by atoms with Crippen LogP contribution in [0.3, 0.4) is 0 Å². The van der Waals surface area contributed by atoms with Crippen LogP contribution in [-0.4, -0.2) is 53.6 Å². The van der Waals surface area contributed by atoms with E-state index in [1.807, 2.05) is 19.1 Å². The molecule has 5 heteroatoms. The third kappa shape index (κ3) is 4.16. The molecule has 0 saturated carbocycles. The fraction of sp³-hybridized carbons (Fsp3) is 0.471. The summed E-state index contributed by atoms with van der Waals surface area (Å²) in [6.07, 6.45) is 0.460. The Morgan fingerprint density at radius 3 is 2.00 bits per heavy atom. The number of carbonyl (C=O) groups excluding carboxylic acids is 3. The van der Waals surface area contributed by atoms with Gasteiger partial charge in [0.1, 0.15) is 0 Å². The minimum atomic E-state index is -0.0105. The van der Waals surface area contributed by atoms with Crippen LogP contribution in [0.15, 0.2) is 24.3 Å². The molecule has 0 atom stereocenters. The number of carbonyl (C=O) groups is 3. The quantitative estimate of drug-likeness (QED) is 0.795. The molecule has 1 aromatic rings. The van der Waals surface area contributed by atoms with Gasteiger partial charge in [0.05, 0.1) is 0 Å². The Morgan fingerprint density at radius 1 is 0.909 bits per heavy atom. The lowest BCUT2D eigenvalue weighted by atomic mass is 10.0. The molecule has 1 aliphatic rings. The van der Waals surface area contributed by atoms with Crippen molar-refractivity contribution >= 4 is 17.6 Å². The molecule has 1 heterocycles. The Morgan fingerprint density at radius 2 is 1.45 bits per heavy atom. The number of aryl methyl sites for hydroxylation is 1. The Hall–Kier alpha value is -2.17. The zero-order chi connectivity index (χ0) is 16.1. The van der Waals surface area contributed by atoms with Crippen LogP contribution in [0.2, 0.25) is 0 Å². The van der Waals surface area contributed by atoms with Crippen molar-refractivity contribution < 1.29 is 14.4 Å². The zero-order valence-corrected chi connectivity index (χ0v) is 13.2. The van der Waals surface area contributed by atoms with E-state index < -0.39 is 0 Å². The predicted molar refractivity (Wildman–Crippen MR) is 83.6 cm³/mol. The first-order valence-corrected chi connectivity index (χ1v) is 7.60. The number of amides is 2. The van der Waals surface area contributed by atoms with Gasteiger partial charge in [-0.3, -0.25) is 14.4 Å². The summed E-state index contributed by atoms with van der Waals surface area (Å²) in [6.45, 7) is 5.77. The van der Waals surface area contributed by atoms with Gasteiger partial charge < -0.3 is 9.80 Å². The number of hydrogen-bond acceptors (Lipinski definition) is 3. The van der Waals surface area contributed by atoms with Crippen molar-refractivity contribution in [2.24, 2.45) is 0 Å². The van der Waals surface area contributed by atoms with E-state index >= 15 is 0 Å². The molecule has 118 valence electrons. The average molecular weight is 302 g/mol. The third-order valence-corrected chi connectivity index (χ3v) is 4.02. The lowest BCUT2D eigenvalue weighted by Gasteiger charge is -2.34. The van der Waals surface area contributed by atoms with Crippen LogP contribution in [0.1, 0.15) is 35.7 Å². The van der Waals surface area contributed by atoms with Crippen LogP contribution in [0.4, 0.5) is 0 Å². The second kappa shape index (κ2) is 7.20. The fourth-order valence-corrected chi connectivity index (χ4v) is 2.53. The summed E-state index contributed by atoms with van der Waals surface area (Å²) in [7, 11) is 0. The van der Waals surface area contributed by atoms with Gasteiger partial charge >= 0.3 is 0 Å². The predicted octanol–water partition coefficient (Wildman–Crippen LogP) is 1.65. The van der Waals surface area contributed by atoms with Gasteiger partial charge in [0.15, 0.2) is 5.78 Å². The first-order chi connectivity index (χ1) is 10.5. The molecule has 0 N–H and O–H groups in total. The number of benzene rings is 1. The van der Waals surface area contributed by atoms with Crippen molar-refractivity contribution in [3.63, 3.8) is 0 Å². The Balaban J connectivity index is 1.79. The molecule has 1 fully saturated rings. The van der Waals surface area contributed by atoms with Crippen LogP contribution >= 0.6 is 0 Å². The second-order valence-corrected chi connectivity index (χ2v) is 5.68. The highest BCUT2D eigenvalue weighted by Crippen LogP contribution is 2.10. The molecule has 0 spiro atoms. The lowest BCUT2D eigenvalue weighted by Crippen LogP contribution is -2.50. The molecular formula is C17H22N2O3. The number of nitrogens with zero attached hydrogens (tertiary/aromatic N) is 2. The standard InChI is InChI=1S/C17H22N2O3/c1-13-3-5-15(6-4-13)16(21)7-8-17(22)19-11-9-18(10-12-19)14(2)20/h3-6H,7-12H2,1-2H3. The van der Waals surface area contributed by atoms with E-state index in [2.05, 4.69) is 0 Å². The van der Waals surface area contributed by atoms with Gasteiger partial charge in [0.25, 0.3) is 0 Å². The average Bonchev–Trinajstić information content (AvgIpc) is 2.53. The van der Waals surface area contributed by atoms with Crippen molar-refractivity contribution in [2.45, 2.75) is 26.7 Å². The molecule has 0 radical (unpaired) electrons. The zero-order valence-electron chi connectivity index (χ0n) is 13.2. The molecule has 2 amide bonds. The monoisotopic (exact) mass is 302 g/mol. The molecule has 0 unspecified atom stereocenters. The van der Waals surface area contributed by atoms with E-state index in [4.69, 9.17) is 0 Å². The summed E-state index contributed by atoms with van der Waals surface area (Å²) in [5.74, 6) is 0.0287. The van der Waals surface area contributed by atoms with Gasteiger partial charge in [-0.15, -0.1) is 0 Å². The maximum Gasteiger partial charge on any atom is 0.223 e. The summed E-state index contributed by atoms with van der Waals surface area (Å²) in [5, 5.41) is 0. The highest BCUT2D eigenvalue weighted by atomic mass is 16.2. The molecule has 0 aromatic heterocycles. The van der Waals surface area contributed by atoms with Gasteiger partial charge in [-0.25, -0.2) is 0 Å². The summed E-state index contributed by atoms with van der Waals surface area (Å²) < 4.78 is 0. The lowest BCUT2D eigenvalue weighted by molar-refractivity contribution is -0.138. The molecule has 0 bridgehead atoms. The van der Waals surface area contributed by atoms with Gasteiger partial charge in [-0.2, -0.15) is 0 Å². The SMILES string of the molecule is CC(=O)N1CCN(C(=O)CCC(=O)c2ccc(C)cc2)CC1. The molecule has 5 nitrogen and oxygen atoms in total.